The summed E-state index contributed by atoms with van der Waals surface area (Å²) in [5, 5.41) is 13.1. The lowest BCUT2D eigenvalue weighted by Crippen LogP contribution is -2.33. The highest BCUT2D eigenvalue weighted by Crippen LogP contribution is 2.26. The van der Waals surface area contributed by atoms with E-state index in [2.05, 4.69) is 5.32 Å². The highest BCUT2D eigenvalue weighted by molar-refractivity contribution is 7.99. The number of amides is 1. The Balaban J connectivity index is 1.72. The van der Waals surface area contributed by atoms with Crippen LogP contribution in [-0.2, 0) is 11.3 Å². The van der Waals surface area contributed by atoms with Gasteiger partial charge in [-0.05, 0) is 31.7 Å². The van der Waals surface area contributed by atoms with Crippen LogP contribution in [0.4, 0.5) is 4.79 Å². The van der Waals surface area contributed by atoms with E-state index in [1.54, 1.807) is 6.92 Å². The van der Waals surface area contributed by atoms with Crippen LogP contribution in [0.5, 0.6) is 0 Å². The van der Waals surface area contributed by atoms with Gasteiger partial charge in [-0.3, -0.25) is 0 Å². The van der Waals surface area contributed by atoms with E-state index >= 15 is 0 Å². The minimum atomic E-state index is -0.360. The van der Waals surface area contributed by atoms with Gasteiger partial charge < -0.3 is 15.2 Å². The van der Waals surface area contributed by atoms with Crippen LogP contribution in [0.25, 0.3) is 0 Å². The fraction of sp³-hybridized carbons (Fsp3) is 0.467. The summed E-state index contributed by atoms with van der Waals surface area (Å²) in [4.78, 5) is 11.7. The normalized spacial score (nSPS) is 23.0. The Labute approximate surface area is 123 Å². The molecule has 1 aliphatic carbocycles. The highest BCUT2D eigenvalue weighted by Gasteiger charge is 2.24. The molecule has 0 radical (unpaired) electrons. The summed E-state index contributed by atoms with van der Waals surface area (Å²) < 4.78 is 5.20. The number of hydrogen-bond donors (Lipinski definition) is 3. The molecule has 1 fully saturated rings. The van der Waals surface area contributed by atoms with Crippen molar-refractivity contribution in [2.75, 3.05) is 0 Å². The molecule has 1 aromatic rings. The Hall–Kier alpha value is -1.33. The molecule has 0 saturated heterocycles. The van der Waals surface area contributed by atoms with Crippen molar-refractivity contribution in [1.82, 2.24) is 5.32 Å². The third-order valence-electron chi connectivity index (χ3n) is 3.31. The predicted molar refractivity (Wildman–Crippen MR) is 83.5 cm³/mol. The van der Waals surface area contributed by atoms with Crippen LogP contribution in [0.2, 0.25) is 0 Å². The van der Waals surface area contributed by atoms with E-state index < -0.39 is 0 Å². The minimum Gasteiger partial charge on any atom is -0.445 e. The van der Waals surface area contributed by atoms with Gasteiger partial charge in [0.05, 0.1) is 5.05 Å². The van der Waals surface area contributed by atoms with Crippen molar-refractivity contribution < 1.29 is 14.6 Å². The lowest BCUT2D eigenvalue weighted by Gasteiger charge is -2.13. The SMILES string of the molecule is CC(O)=[SH]C1CCC(NC(=O)OCc2ccccc2)C1. The molecular weight excluding hydrogens is 274 g/mol. The van der Waals surface area contributed by atoms with Crippen molar-refractivity contribution in [3.05, 3.63) is 35.9 Å². The second kappa shape index (κ2) is 7.45. The molecule has 110 valence electrons. The smallest absolute Gasteiger partial charge is 0.407 e. The van der Waals surface area contributed by atoms with E-state index in [9.17, 15) is 9.90 Å². The molecule has 0 spiro atoms. The number of alkyl carbamates (subject to hydrolysis) is 1. The number of benzene rings is 1. The summed E-state index contributed by atoms with van der Waals surface area (Å²) in [5.41, 5.74) is 0.982. The molecule has 2 N–H and O–H groups in total. The molecular formula is C15H21NO3S. The van der Waals surface area contributed by atoms with E-state index in [1.807, 2.05) is 30.3 Å². The largest absolute Gasteiger partial charge is 0.445 e. The summed E-state index contributed by atoms with van der Waals surface area (Å²) in [6.07, 6.45) is 2.52. The van der Waals surface area contributed by atoms with Crippen molar-refractivity contribution in [3.63, 3.8) is 0 Å². The maximum atomic E-state index is 11.7. The zero-order chi connectivity index (χ0) is 14.4. The zero-order valence-corrected chi connectivity index (χ0v) is 12.5. The number of hydrogen-bond acceptors (Lipinski definition) is 2. The highest BCUT2D eigenvalue weighted by atomic mass is 32.1. The van der Waals surface area contributed by atoms with Crippen LogP contribution < -0.4 is 5.32 Å². The third-order valence-corrected chi connectivity index (χ3v) is 4.52. The molecule has 4 nitrogen and oxygen atoms in total. The van der Waals surface area contributed by atoms with E-state index in [-0.39, 0.29) is 12.1 Å². The predicted octanol–water partition coefficient (Wildman–Crippen LogP) is 3.01. The molecule has 0 heterocycles. The molecule has 5 heteroatoms. The van der Waals surface area contributed by atoms with E-state index in [1.165, 1.54) is 0 Å². The Morgan fingerprint density at radius 3 is 2.85 bits per heavy atom. The van der Waals surface area contributed by atoms with Crippen molar-refractivity contribution >= 4 is 22.5 Å². The monoisotopic (exact) mass is 295 g/mol. The Morgan fingerprint density at radius 1 is 1.40 bits per heavy atom. The summed E-state index contributed by atoms with van der Waals surface area (Å²) in [7, 11) is 0. The van der Waals surface area contributed by atoms with Crippen LogP contribution in [0.1, 0.15) is 31.7 Å². The van der Waals surface area contributed by atoms with Gasteiger partial charge in [0.25, 0.3) is 0 Å². The summed E-state index contributed by atoms with van der Waals surface area (Å²) in [6, 6.07) is 9.79. The van der Waals surface area contributed by atoms with E-state index in [0.717, 1.165) is 36.2 Å². The maximum absolute atomic E-state index is 11.7. The summed E-state index contributed by atoms with van der Waals surface area (Å²) >= 11 is 0.983. The van der Waals surface area contributed by atoms with E-state index in [4.69, 9.17) is 4.74 Å². The van der Waals surface area contributed by atoms with E-state index in [0.29, 0.717) is 16.9 Å². The zero-order valence-electron chi connectivity index (χ0n) is 11.6. The molecule has 0 bridgehead atoms. The lowest BCUT2D eigenvalue weighted by atomic mass is 10.2. The summed E-state index contributed by atoms with van der Waals surface area (Å²) in [6.45, 7) is 2.01. The van der Waals surface area contributed by atoms with Gasteiger partial charge in [-0.15, -0.1) is 0 Å². The molecule has 20 heavy (non-hydrogen) atoms. The van der Waals surface area contributed by atoms with Crippen molar-refractivity contribution in [2.45, 2.75) is 44.1 Å². The molecule has 1 aliphatic rings. The molecule has 0 aliphatic heterocycles. The van der Waals surface area contributed by atoms with Crippen molar-refractivity contribution in [2.24, 2.45) is 0 Å². The van der Waals surface area contributed by atoms with Gasteiger partial charge in [-0.1, -0.05) is 30.3 Å². The first-order valence-corrected chi connectivity index (χ1v) is 7.80. The topological polar surface area (TPSA) is 58.6 Å². The number of carbonyl (C=O) groups is 1. The van der Waals surface area contributed by atoms with Gasteiger partial charge >= 0.3 is 6.09 Å². The van der Waals surface area contributed by atoms with Crippen LogP contribution >= 0.6 is 11.4 Å². The molecule has 1 amide bonds. The maximum Gasteiger partial charge on any atom is 0.407 e. The number of aliphatic hydroxyl groups excluding tert-OH is 1. The number of carbonyl (C=O) groups excluding carboxylic acids is 1. The second-order valence-electron chi connectivity index (χ2n) is 5.05. The van der Waals surface area contributed by atoms with Crippen LogP contribution in [0, 0.1) is 0 Å². The number of rotatable bonds is 4. The quantitative estimate of drug-likeness (QED) is 0.591. The fourth-order valence-corrected chi connectivity index (χ4v) is 3.57. The lowest BCUT2D eigenvalue weighted by molar-refractivity contribution is 0.136. The Bertz CT molecular complexity index is 471. The number of aliphatic hydroxyl groups is 1. The molecule has 0 aromatic heterocycles. The average Bonchev–Trinajstić information content (AvgIpc) is 2.84. The number of nitrogens with one attached hydrogen (secondary N) is 1. The average molecular weight is 295 g/mol. The van der Waals surface area contributed by atoms with Gasteiger partial charge in [-0.25, -0.2) is 4.79 Å². The first-order valence-electron chi connectivity index (χ1n) is 6.84. The van der Waals surface area contributed by atoms with Gasteiger partial charge in [0.15, 0.2) is 0 Å². The van der Waals surface area contributed by atoms with Crippen LogP contribution in [0.15, 0.2) is 30.3 Å². The first kappa shape index (κ1) is 15.1. The second-order valence-corrected chi connectivity index (χ2v) is 6.68. The first-order chi connectivity index (χ1) is 9.63. The number of ether oxygens (including phenoxy) is 1. The minimum absolute atomic E-state index is 0.162. The molecule has 1 aromatic carbocycles. The third kappa shape index (κ3) is 4.98. The molecule has 2 unspecified atom stereocenters. The standard InChI is InChI=1S/C15H21NO3S/c1-11(17)20-14-8-7-13(9-14)16-15(18)19-10-12-5-3-2-4-6-12/h2-6,13-14,17,20H,7-10H2,1H3,(H,16,18). The van der Waals surface area contributed by atoms with Crippen molar-refractivity contribution in [3.8, 4) is 0 Å². The Kier molecular flexibility index (Phi) is 5.61. The van der Waals surface area contributed by atoms with Gasteiger partial charge in [0, 0.05) is 11.3 Å². The summed E-state index contributed by atoms with van der Waals surface area (Å²) in [5.74, 6) is 0. The van der Waals surface area contributed by atoms with Crippen molar-refractivity contribution in [1.29, 1.82) is 0 Å². The Morgan fingerprint density at radius 2 is 2.15 bits per heavy atom. The van der Waals surface area contributed by atoms with Gasteiger partial charge in [0.1, 0.15) is 6.61 Å². The van der Waals surface area contributed by atoms with Crippen LogP contribution in [0.3, 0.4) is 0 Å². The molecule has 1 saturated carbocycles. The molecule has 2 rings (SSSR count). The fourth-order valence-electron chi connectivity index (χ4n) is 2.40. The van der Waals surface area contributed by atoms with Gasteiger partial charge in [0.2, 0.25) is 0 Å². The van der Waals surface area contributed by atoms with Gasteiger partial charge in [-0.2, -0.15) is 11.4 Å². The molecule has 2 atom stereocenters. The number of thiol groups is 1. The van der Waals surface area contributed by atoms with Crippen LogP contribution in [-0.4, -0.2) is 27.5 Å².